The number of hydrogen-bond donors (Lipinski definition) is 1. The van der Waals surface area contributed by atoms with Crippen LogP contribution in [0.2, 0.25) is 0 Å². The number of carbonyl (C=O) groups is 1. The number of nitrogens with zero attached hydrogens (tertiary/aromatic N) is 2. The molecule has 1 aliphatic heterocycles. The average Bonchev–Trinajstić information content (AvgIpc) is 3.16. The van der Waals surface area contributed by atoms with Crippen molar-refractivity contribution in [2.24, 2.45) is 5.73 Å². The van der Waals surface area contributed by atoms with Gasteiger partial charge in [-0.05, 0) is 17.7 Å². The molecule has 1 atom stereocenters. The fourth-order valence-corrected chi connectivity index (χ4v) is 4.17. The van der Waals surface area contributed by atoms with Crippen LogP contribution in [0.15, 0.2) is 29.8 Å². The number of amides is 1. The predicted molar refractivity (Wildman–Crippen MR) is 83.8 cm³/mol. The smallest absolute Gasteiger partial charge is 0.274 e. The first-order valence-electron chi connectivity index (χ1n) is 6.53. The predicted octanol–water partition coefficient (Wildman–Crippen LogP) is 2.42. The number of rotatable bonds is 3. The lowest BCUT2D eigenvalue weighted by Crippen LogP contribution is -2.39. The van der Waals surface area contributed by atoms with Gasteiger partial charge in [-0.15, -0.1) is 23.1 Å². The summed E-state index contributed by atoms with van der Waals surface area (Å²) in [6, 6.07) is 6.10. The molecule has 2 heterocycles. The van der Waals surface area contributed by atoms with Gasteiger partial charge in [-0.25, -0.2) is 9.37 Å². The molecular weight excluding hydrogens is 309 g/mol. The van der Waals surface area contributed by atoms with Gasteiger partial charge in [-0.3, -0.25) is 4.79 Å². The van der Waals surface area contributed by atoms with E-state index in [1.165, 1.54) is 23.5 Å². The largest absolute Gasteiger partial charge is 0.328 e. The summed E-state index contributed by atoms with van der Waals surface area (Å²) in [4.78, 5) is 19.4. The summed E-state index contributed by atoms with van der Waals surface area (Å²) in [5, 5.41) is 0.0141. The molecule has 1 aliphatic rings. The molecule has 0 spiro atoms. The molecule has 21 heavy (non-hydrogen) atoms. The highest BCUT2D eigenvalue weighted by molar-refractivity contribution is 8.00. The Morgan fingerprint density at radius 2 is 2.19 bits per heavy atom. The van der Waals surface area contributed by atoms with E-state index in [1.807, 2.05) is 0 Å². The minimum Gasteiger partial charge on any atom is -0.328 e. The molecule has 7 heteroatoms. The minimum atomic E-state index is -0.296. The fourth-order valence-electron chi connectivity index (χ4n) is 2.29. The SMILES string of the molecule is NCC1SCCN1C(=O)c1ncsc1-c1ccc(F)cc1. The van der Waals surface area contributed by atoms with Gasteiger partial charge in [0.2, 0.25) is 0 Å². The summed E-state index contributed by atoms with van der Waals surface area (Å²) in [5.74, 6) is 0.496. The molecule has 2 N–H and O–H groups in total. The fraction of sp³-hybridized carbons (Fsp3) is 0.286. The summed E-state index contributed by atoms with van der Waals surface area (Å²) in [7, 11) is 0. The van der Waals surface area contributed by atoms with Gasteiger partial charge >= 0.3 is 0 Å². The lowest BCUT2D eigenvalue weighted by molar-refractivity contribution is 0.0760. The summed E-state index contributed by atoms with van der Waals surface area (Å²) in [6.07, 6.45) is 0. The van der Waals surface area contributed by atoms with Crippen molar-refractivity contribution in [3.8, 4) is 10.4 Å². The maximum atomic E-state index is 13.0. The van der Waals surface area contributed by atoms with Gasteiger partial charge in [0.1, 0.15) is 11.5 Å². The molecule has 4 nitrogen and oxygen atoms in total. The summed E-state index contributed by atoms with van der Waals surface area (Å²) in [5.41, 5.74) is 8.58. The van der Waals surface area contributed by atoms with E-state index in [-0.39, 0.29) is 17.1 Å². The van der Waals surface area contributed by atoms with E-state index in [4.69, 9.17) is 5.73 Å². The average molecular weight is 323 g/mol. The first-order chi connectivity index (χ1) is 10.2. The van der Waals surface area contributed by atoms with Crippen molar-refractivity contribution in [3.63, 3.8) is 0 Å². The quantitative estimate of drug-likeness (QED) is 0.942. The first kappa shape index (κ1) is 14.5. The second kappa shape index (κ2) is 6.13. The van der Waals surface area contributed by atoms with Crippen LogP contribution in [0.1, 0.15) is 10.5 Å². The third-order valence-corrected chi connectivity index (χ3v) is 5.45. The van der Waals surface area contributed by atoms with Crippen molar-refractivity contribution in [1.29, 1.82) is 0 Å². The second-order valence-electron chi connectivity index (χ2n) is 4.60. The van der Waals surface area contributed by atoms with Gasteiger partial charge in [0.15, 0.2) is 0 Å². The van der Waals surface area contributed by atoms with Crippen molar-refractivity contribution < 1.29 is 9.18 Å². The summed E-state index contributed by atoms with van der Waals surface area (Å²) in [6.45, 7) is 1.12. The molecule has 0 saturated carbocycles. The van der Waals surface area contributed by atoms with Crippen LogP contribution < -0.4 is 5.73 Å². The summed E-state index contributed by atoms with van der Waals surface area (Å²) < 4.78 is 13.0. The summed E-state index contributed by atoms with van der Waals surface area (Å²) >= 11 is 3.07. The van der Waals surface area contributed by atoms with Crippen LogP contribution in [0, 0.1) is 5.82 Å². The van der Waals surface area contributed by atoms with Crippen LogP contribution in [-0.4, -0.2) is 40.0 Å². The Hall–Kier alpha value is -1.44. The Bertz CT molecular complexity index is 644. The highest BCUT2D eigenvalue weighted by Gasteiger charge is 2.31. The number of thioether (sulfide) groups is 1. The van der Waals surface area contributed by atoms with Crippen LogP contribution in [-0.2, 0) is 0 Å². The Kier molecular flexibility index (Phi) is 4.23. The highest BCUT2D eigenvalue weighted by atomic mass is 32.2. The third kappa shape index (κ3) is 2.81. The molecule has 1 aromatic carbocycles. The lowest BCUT2D eigenvalue weighted by Gasteiger charge is -2.22. The first-order valence-corrected chi connectivity index (χ1v) is 8.45. The molecule has 2 aromatic rings. The van der Waals surface area contributed by atoms with Gasteiger partial charge in [-0.2, -0.15) is 0 Å². The third-order valence-electron chi connectivity index (χ3n) is 3.33. The molecule has 1 amide bonds. The zero-order chi connectivity index (χ0) is 14.8. The number of aromatic nitrogens is 1. The Balaban J connectivity index is 1.91. The van der Waals surface area contributed by atoms with E-state index in [1.54, 1.807) is 34.3 Å². The minimum absolute atomic E-state index is 0.0141. The maximum Gasteiger partial charge on any atom is 0.274 e. The van der Waals surface area contributed by atoms with E-state index in [0.29, 0.717) is 18.8 Å². The molecule has 110 valence electrons. The lowest BCUT2D eigenvalue weighted by atomic mass is 10.1. The van der Waals surface area contributed by atoms with Crippen LogP contribution in [0.25, 0.3) is 10.4 Å². The van der Waals surface area contributed by atoms with E-state index in [0.717, 1.165) is 16.2 Å². The van der Waals surface area contributed by atoms with Crippen molar-refractivity contribution in [1.82, 2.24) is 9.88 Å². The second-order valence-corrected chi connectivity index (χ2v) is 6.74. The molecule has 1 saturated heterocycles. The number of benzene rings is 1. The molecule has 1 unspecified atom stereocenters. The van der Waals surface area contributed by atoms with Gasteiger partial charge < -0.3 is 10.6 Å². The number of halogens is 1. The molecule has 3 rings (SSSR count). The normalized spacial score (nSPS) is 18.2. The number of carbonyl (C=O) groups excluding carboxylic acids is 1. The zero-order valence-corrected chi connectivity index (χ0v) is 12.8. The van der Waals surface area contributed by atoms with Crippen molar-refractivity contribution in [3.05, 3.63) is 41.3 Å². The van der Waals surface area contributed by atoms with Crippen molar-refractivity contribution >= 4 is 29.0 Å². The zero-order valence-electron chi connectivity index (χ0n) is 11.2. The standard InChI is InChI=1S/C14H14FN3OS2/c15-10-3-1-9(2-4-10)13-12(17-8-21-13)14(19)18-5-6-20-11(18)7-16/h1-4,8,11H,5-7,16H2. The highest BCUT2D eigenvalue weighted by Crippen LogP contribution is 2.31. The van der Waals surface area contributed by atoms with Crippen LogP contribution in [0.5, 0.6) is 0 Å². The Morgan fingerprint density at radius 1 is 1.43 bits per heavy atom. The van der Waals surface area contributed by atoms with Crippen molar-refractivity contribution in [2.75, 3.05) is 18.8 Å². The Morgan fingerprint density at radius 3 is 2.90 bits per heavy atom. The molecule has 0 radical (unpaired) electrons. The van der Waals surface area contributed by atoms with Crippen LogP contribution in [0.3, 0.4) is 0 Å². The van der Waals surface area contributed by atoms with Crippen molar-refractivity contribution in [2.45, 2.75) is 5.37 Å². The van der Waals surface area contributed by atoms with Gasteiger partial charge in [0.25, 0.3) is 5.91 Å². The topological polar surface area (TPSA) is 59.2 Å². The number of hydrogen-bond acceptors (Lipinski definition) is 5. The maximum absolute atomic E-state index is 13.0. The molecule has 1 aromatic heterocycles. The Labute approximate surface area is 130 Å². The van der Waals surface area contributed by atoms with Gasteiger partial charge in [0, 0.05) is 18.8 Å². The number of thiazole rings is 1. The van der Waals surface area contributed by atoms with Crippen LogP contribution >= 0.6 is 23.1 Å². The number of nitrogens with two attached hydrogens (primary N) is 1. The van der Waals surface area contributed by atoms with E-state index in [9.17, 15) is 9.18 Å². The monoisotopic (exact) mass is 323 g/mol. The molecular formula is C14H14FN3OS2. The van der Waals surface area contributed by atoms with E-state index < -0.39 is 0 Å². The van der Waals surface area contributed by atoms with Gasteiger partial charge in [0.05, 0.1) is 15.8 Å². The van der Waals surface area contributed by atoms with E-state index in [2.05, 4.69) is 4.98 Å². The molecule has 0 bridgehead atoms. The molecule has 0 aliphatic carbocycles. The van der Waals surface area contributed by atoms with Crippen LogP contribution in [0.4, 0.5) is 4.39 Å². The van der Waals surface area contributed by atoms with Gasteiger partial charge in [-0.1, -0.05) is 12.1 Å². The van der Waals surface area contributed by atoms with E-state index >= 15 is 0 Å². The molecule has 1 fully saturated rings.